The average molecular weight is 731 g/mol. The maximum atomic E-state index is 14.5. The number of benzene rings is 3. The lowest BCUT2D eigenvalue weighted by Crippen LogP contribution is -2.55. The Morgan fingerprint density at radius 2 is 1.68 bits per heavy atom. The zero-order chi connectivity index (χ0) is 37.4. The molecule has 3 aliphatic heterocycles. The van der Waals surface area contributed by atoms with Gasteiger partial charge in [0.1, 0.15) is 17.7 Å². The molecule has 3 amide bonds. The zero-order valence-corrected chi connectivity index (χ0v) is 28.9. The van der Waals surface area contributed by atoms with E-state index >= 15 is 0 Å². The number of aromatic nitrogens is 2. The highest BCUT2D eigenvalue weighted by atomic mass is 19.4. The molecule has 14 heteroatoms. The number of likely N-dealkylation sites (N-methyl/N-ethyl adjacent to an activating group) is 1. The van der Waals surface area contributed by atoms with Crippen molar-refractivity contribution >= 4 is 23.5 Å². The number of nitrogens with zero attached hydrogens (tertiary/aromatic N) is 4. The Labute approximate surface area is 303 Å². The number of likely N-dealkylation sites (tertiary alicyclic amines) is 1. The van der Waals surface area contributed by atoms with Gasteiger partial charge in [0, 0.05) is 48.8 Å². The highest BCUT2D eigenvalue weighted by Crippen LogP contribution is 2.44. The second-order valence-electron chi connectivity index (χ2n) is 13.5. The van der Waals surface area contributed by atoms with Crippen LogP contribution in [0.3, 0.4) is 0 Å². The van der Waals surface area contributed by atoms with Crippen LogP contribution >= 0.6 is 0 Å². The zero-order valence-electron chi connectivity index (χ0n) is 28.9. The molecule has 2 unspecified atom stereocenters. The van der Waals surface area contributed by atoms with Crippen molar-refractivity contribution in [1.29, 1.82) is 0 Å². The first-order valence-electron chi connectivity index (χ1n) is 17.5. The number of halogens is 4. The molecule has 53 heavy (non-hydrogen) atoms. The predicted octanol–water partition coefficient (Wildman–Crippen LogP) is 5.36. The second-order valence-corrected chi connectivity index (χ2v) is 13.5. The number of rotatable bonds is 10. The summed E-state index contributed by atoms with van der Waals surface area (Å²) < 4.78 is 62.5. The molecule has 7 rings (SSSR count). The second kappa shape index (κ2) is 14.6. The molecule has 4 heterocycles. The molecule has 0 spiro atoms. The summed E-state index contributed by atoms with van der Waals surface area (Å²) in [6.07, 6.45) is -2.42. The first kappa shape index (κ1) is 36.0. The number of anilines is 1. The summed E-state index contributed by atoms with van der Waals surface area (Å²) in [5.41, 5.74) is 0.950. The van der Waals surface area contributed by atoms with Gasteiger partial charge in [-0.3, -0.25) is 24.2 Å². The van der Waals surface area contributed by atoms with E-state index < -0.39 is 41.3 Å². The van der Waals surface area contributed by atoms with Gasteiger partial charge in [-0.15, -0.1) is 0 Å². The van der Waals surface area contributed by atoms with Crippen molar-refractivity contribution in [2.75, 3.05) is 31.1 Å². The number of amides is 3. The summed E-state index contributed by atoms with van der Waals surface area (Å²) in [6.45, 7) is 7.63. The van der Waals surface area contributed by atoms with Gasteiger partial charge in [0.15, 0.2) is 0 Å². The fourth-order valence-electron chi connectivity index (χ4n) is 7.50. The number of hydrogen-bond donors (Lipinski definition) is 2. The smallest absolute Gasteiger partial charge is 0.372 e. The van der Waals surface area contributed by atoms with Crippen LogP contribution in [0.4, 0.5) is 23.4 Å². The molecular formula is C39H38F4N6O4. The minimum Gasteiger partial charge on any atom is -0.372 e. The minimum absolute atomic E-state index is 0.0912. The summed E-state index contributed by atoms with van der Waals surface area (Å²) in [5, 5.41) is 10.6. The molecule has 4 atom stereocenters. The number of morpholine rings is 1. The van der Waals surface area contributed by atoms with Crippen molar-refractivity contribution in [3.63, 3.8) is 0 Å². The number of alkyl halides is 3. The van der Waals surface area contributed by atoms with Crippen LogP contribution in [0.1, 0.15) is 58.4 Å². The lowest BCUT2D eigenvalue weighted by molar-refractivity contribution is -0.137. The molecule has 10 nitrogen and oxygen atoms in total. The summed E-state index contributed by atoms with van der Waals surface area (Å²) in [4.78, 5) is 45.2. The molecule has 2 fully saturated rings. The Kier molecular flexibility index (Phi) is 9.92. The molecule has 2 saturated heterocycles. The molecule has 3 aromatic carbocycles. The van der Waals surface area contributed by atoms with Gasteiger partial charge >= 0.3 is 6.18 Å². The van der Waals surface area contributed by atoms with Crippen LogP contribution < -0.4 is 15.5 Å². The topological polar surface area (TPSA) is 109 Å². The van der Waals surface area contributed by atoms with Crippen LogP contribution in [0, 0.1) is 5.82 Å². The van der Waals surface area contributed by atoms with Crippen LogP contribution in [0.2, 0.25) is 0 Å². The molecule has 0 saturated carbocycles. The molecular weight excluding hydrogens is 692 g/mol. The Hall–Kier alpha value is -5.34. The highest BCUT2D eigenvalue weighted by Gasteiger charge is 2.46. The van der Waals surface area contributed by atoms with Crippen LogP contribution in [-0.4, -0.2) is 76.8 Å². The molecule has 1 aromatic heterocycles. The molecule has 2 N–H and O–H groups in total. The van der Waals surface area contributed by atoms with Crippen LogP contribution in [0.25, 0.3) is 5.69 Å². The lowest BCUT2D eigenvalue weighted by Gasteiger charge is -2.38. The third-order valence-corrected chi connectivity index (χ3v) is 9.96. The summed E-state index contributed by atoms with van der Waals surface area (Å²) in [6, 6.07) is 17.1. The van der Waals surface area contributed by atoms with Crippen molar-refractivity contribution in [2.24, 2.45) is 0 Å². The third kappa shape index (κ3) is 7.33. The Bertz CT molecular complexity index is 2020. The van der Waals surface area contributed by atoms with Gasteiger partial charge in [0.25, 0.3) is 11.8 Å². The van der Waals surface area contributed by atoms with Gasteiger partial charge in [0.2, 0.25) is 5.91 Å². The van der Waals surface area contributed by atoms with Crippen molar-refractivity contribution in [3.8, 4) is 5.69 Å². The maximum absolute atomic E-state index is 14.5. The molecule has 4 aromatic rings. The fourth-order valence-corrected chi connectivity index (χ4v) is 7.50. The first-order valence-corrected chi connectivity index (χ1v) is 17.5. The van der Waals surface area contributed by atoms with Gasteiger partial charge in [-0.05, 0) is 67.8 Å². The fraction of sp³-hybridized carbons (Fsp3) is 0.333. The highest BCUT2D eigenvalue weighted by molar-refractivity contribution is 6.05. The average Bonchev–Trinajstić information content (AvgIpc) is 3.69. The van der Waals surface area contributed by atoms with E-state index in [1.165, 1.54) is 35.2 Å². The van der Waals surface area contributed by atoms with E-state index in [-0.39, 0.29) is 36.8 Å². The summed E-state index contributed by atoms with van der Waals surface area (Å²) in [7, 11) is 0. The number of nitrogens with one attached hydrogen (secondary N) is 2. The summed E-state index contributed by atoms with van der Waals surface area (Å²) in [5.74, 6) is -2.97. The van der Waals surface area contributed by atoms with E-state index in [4.69, 9.17) is 9.84 Å². The molecule has 2 bridgehead atoms. The number of carbonyl (C=O) groups is 3. The van der Waals surface area contributed by atoms with Gasteiger partial charge in [-0.25, -0.2) is 9.07 Å². The normalized spacial score (nSPS) is 21.3. The number of fused-ring (bicyclic) bond motifs is 3. The molecule has 0 aliphatic carbocycles. The van der Waals surface area contributed by atoms with Gasteiger partial charge in [-0.2, -0.15) is 18.3 Å². The molecule has 276 valence electrons. The number of ether oxygens (including phenoxy) is 1. The predicted molar refractivity (Wildman–Crippen MR) is 188 cm³/mol. The van der Waals surface area contributed by atoms with E-state index in [1.807, 2.05) is 18.2 Å². The Morgan fingerprint density at radius 3 is 2.34 bits per heavy atom. The van der Waals surface area contributed by atoms with Gasteiger partial charge in [0.05, 0.1) is 35.7 Å². The van der Waals surface area contributed by atoms with Crippen LogP contribution in [0.15, 0.2) is 91.0 Å². The van der Waals surface area contributed by atoms with Crippen molar-refractivity contribution < 1.29 is 36.7 Å². The van der Waals surface area contributed by atoms with E-state index in [9.17, 15) is 31.9 Å². The van der Waals surface area contributed by atoms with Crippen molar-refractivity contribution in [2.45, 2.75) is 56.7 Å². The van der Waals surface area contributed by atoms with Gasteiger partial charge in [-0.1, -0.05) is 43.0 Å². The van der Waals surface area contributed by atoms with Gasteiger partial charge < -0.3 is 15.4 Å². The number of hydrogen-bond acceptors (Lipinski definition) is 6. The Morgan fingerprint density at radius 1 is 0.981 bits per heavy atom. The van der Waals surface area contributed by atoms with Crippen LogP contribution in [-0.2, 0) is 27.0 Å². The van der Waals surface area contributed by atoms with Crippen LogP contribution in [0.5, 0.6) is 0 Å². The quantitative estimate of drug-likeness (QED) is 0.168. The SMILES string of the molecule is C=C(CN1CC2CCC(C1)O2)C(=O)NCc1nn(-c2ccccc2)c2c1[C@H](c1ccc(F)cc1)[C@H](NC(=O)c1cccc(C(F)(F)F)c1)C(=O)N2CC. The summed E-state index contributed by atoms with van der Waals surface area (Å²) >= 11 is 0. The minimum atomic E-state index is -4.69. The van der Waals surface area contributed by atoms with Crippen molar-refractivity contribution in [1.82, 2.24) is 25.3 Å². The Balaban J connectivity index is 1.27. The lowest BCUT2D eigenvalue weighted by atomic mass is 9.80. The van der Waals surface area contributed by atoms with E-state index in [0.29, 0.717) is 53.5 Å². The number of para-hydroxylation sites is 1. The standard InChI is InChI=1S/C39H38F4N6O4/c1-3-48-37-33(32(24-12-14-27(40)15-13-24)34(38(48)52)45-36(51)25-8-7-9-26(18-25)39(41,42)43)31(46-49(37)28-10-5-4-6-11-28)19-44-35(50)23(2)20-47-21-29-16-17-30(22-47)53-29/h4-15,18,29-30,32,34H,2-3,16-17,19-22H2,1H3,(H,44,50)(H,45,51)/t29?,30?,32-,34-/m0/s1. The van der Waals surface area contributed by atoms with E-state index in [0.717, 1.165) is 31.0 Å². The third-order valence-electron chi connectivity index (χ3n) is 9.96. The van der Waals surface area contributed by atoms with Crippen molar-refractivity contribution in [3.05, 3.63) is 125 Å². The largest absolute Gasteiger partial charge is 0.416 e. The van der Waals surface area contributed by atoms with E-state index in [1.54, 1.807) is 23.7 Å². The number of carbonyl (C=O) groups excluding carboxylic acids is 3. The molecule has 3 aliphatic rings. The first-order chi connectivity index (χ1) is 25.4. The van der Waals surface area contributed by atoms with E-state index in [2.05, 4.69) is 22.1 Å². The molecule has 0 radical (unpaired) electrons. The maximum Gasteiger partial charge on any atom is 0.416 e. The monoisotopic (exact) mass is 730 g/mol.